The molecule has 2 atom stereocenters. The Bertz CT molecular complexity index is 298. The van der Waals surface area contributed by atoms with Gasteiger partial charge in [0.2, 0.25) is 0 Å². The molecule has 2 heteroatoms. The van der Waals surface area contributed by atoms with E-state index in [9.17, 15) is 0 Å². The Morgan fingerprint density at radius 1 is 1.27 bits per heavy atom. The summed E-state index contributed by atoms with van der Waals surface area (Å²) in [5.41, 5.74) is 6.83. The Hall–Kier alpha value is -1.02. The van der Waals surface area contributed by atoms with Crippen molar-refractivity contribution < 1.29 is 4.74 Å². The van der Waals surface area contributed by atoms with Crippen molar-refractivity contribution in [3.8, 4) is 5.75 Å². The van der Waals surface area contributed by atoms with Crippen molar-refractivity contribution in [3.63, 3.8) is 0 Å². The second-order valence-corrected chi connectivity index (χ2v) is 4.01. The lowest BCUT2D eigenvalue weighted by molar-refractivity contribution is 0.226. The van der Waals surface area contributed by atoms with Gasteiger partial charge in [0.1, 0.15) is 11.9 Å². The lowest BCUT2D eigenvalue weighted by atomic mass is 9.98. The summed E-state index contributed by atoms with van der Waals surface area (Å²) in [5.74, 6) is 1.51. The fourth-order valence-corrected chi connectivity index (χ4v) is 1.48. The van der Waals surface area contributed by atoms with Gasteiger partial charge in [-0.05, 0) is 30.9 Å². The van der Waals surface area contributed by atoms with Crippen LogP contribution in [-0.2, 0) is 0 Å². The maximum atomic E-state index is 5.79. The zero-order valence-corrected chi connectivity index (χ0v) is 9.86. The molecular formula is C13H21NO. The van der Waals surface area contributed by atoms with Crippen molar-refractivity contribution >= 4 is 0 Å². The number of benzene rings is 1. The monoisotopic (exact) mass is 207 g/mol. The van der Waals surface area contributed by atoms with Gasteiger partial charge in [-0.25, -0.2) is 0 Å². The summed E-state index contributed by atoms with van der Waals surface area (Å²) in [6.45, 7) is 6.95. The topological polar surface area (TPSA) is 35.2 Å². The van der Waals surface area contributed by atoms with Crippen molar-refractivity contribution in [2.75, 3.05) is 6.54 Å². The maximum absolute atomic E-state index is 5.79. The Balaban J connectivity index is 2.86. The van der Waals surface area contributed by atoms with E-state index < -0.39 is 0 Å². The molecule has 0 heterocycles. The quantitative estimate of drug-likeness (QED) is 0.805. The first-order valence-corrected chi connectivity index (χ1v) is 5.64. The van der Waals surface area contributed by atoms with Gasteiger partial charge < -0.3 is 10.5 Å². The van der Waals surface area contributed by atoms with Crippen molar-refractivity contribution in [2.45, 2.75) is 39.2 Å². The van der Waals surface area contributed by atoms with Crippen LogP contribution >= 0.6 is 0 Å². The maximum Gasteiger partial charge on any atom is 0.123 e. The Kier molecular flexibility index (Phi) is 4.63. The molecule has 0 radical (unpaired) electrons. The highest BCUT2D eigenvalue weighted by Crippen LogP contribution is 2.28. The molecule has 0 spiro atoms. The van der Waals surface area contributed by atoms with Gasteiger partial charge in [-0.15, -0.1) is 0 Å². The predicted octanol–water partition coefficient (Wildman–Crippen LogP) is 2.93. The highest BCUT2D eigenvalue weighted by molar-refractivity contribution is 5.36. The minimum atomic E-state index is 0.0789. The third-order valence-electron chi connectivity index (χ3n) is 2.72. The molecule has 0 aliphatic heterocycles. The van der Waals surface area contributed by atoms with Gasteiger partial charge in [0.25, 0.3) is 0 Å². The summed E-state index contributed by atoms with van der Waals surface area (Å²) in [6.07, 6.45) is 1.20. The molecule has 0 fully saturated rings. The van der Waals surface area contributed by atoms with E-state index in [0.717, 1.165) is 12.2 Å². The van der Waals surface area contributed by atoms with Crippen molar-refractivity contribution in [3.05, 3.63) is 29.8 Å². The summed E-state index contributed by atoms with van der Waals surface area (Å²) in [6, 6.07) is 8.21. The van der Waals surface area contributed by atoms with E-state index in [1.54, 1.807) is 0 Å². The molecule has 2 unspecified atom stereocenters. The third kappa shape index (κ3) is 3.24. The Morgan fingerprint density at radius 2 is 1.93 bits per heavy atom. The van der Waals surface area contributed by atoms with Crippen LogP contribution in [0.5, 0.6) is 5.75 Å². The van der Waals surface area contributed by atoms with Crippen LogP contribution in [-0.4, -0.2) is 12.6 Å². The van der Waals surface area contributed by atoms with Gasteiger partial charge in [0.15, 0.2) is 0 Å². The predicted molar refractivity (Wildman–Crippen MR) is 64.3 cm³/mol. The Morgan fingerprint density at radius 3 is 2.53 bits per heavy atom. The van der Waals surface area contributed by atoms with E-state index in [0.29, 0.717) is 12.5 Å². The fraction of sp³-hybridized carbons (Fsp3) is 0.538. The van der Waals surface area contributed by atoms with Crippen molar-refractivity contribution in [1.29, 1.82) is 0 Å². The molecule has 2 N–H and O–H groups in total. The van der Waals surface area contributed by atoms with Crippen LogP contribution in [0, 0.1) is 0 Å². The largest absolute Gasteiger partial charge is 0.489 e. The van der Waals surface area contributed by atoms with Crippen LogP contribution in [0.25, 0.3) is 0 Å². The summed E-state index contributed by atoms with van der Waals surface area (Å²) < 4.78 is 5.79. The molecule has 0 saturated carbocycles. The van der Waals surface area contributed by atoms with Crippen LogP contribution in [0.1, 0.15) is 38.7 Å². The first-order valence-electron chi connectivity index (χ1n) is 5.64. The highest BCUT2D eigenvalue weighted by atomic mass is 16.5. The van der Waals surface area contributed by atoms with Crippen LogP contribution in [0.15, 0.2) is 24.3 Å². The highest BCUT2D eigenvalue weighted by Gasteiger charge is 2.11. The van der Waals surface area contributed by atoms with Crippen molar-refractivity contribution in [2.24, 2.45) is 5.73 Å². The minimum absolute atomic E-state index is 0.0789. The number of ether oxygens (including phenoxy) is 1. The average molecular weight is 207 g/mol. The van der Waals surface area contributed by atoms with Gasteiger partial charge >= 0.3 is 0 Å². The van der Waals surface area contributed by atoms with Crippen molar-refractivity contribution in [1.82, 2.24) is 0 Å². The molecule has 1 aromatic rings. The summed E-state index contributed by atoms with van der Waals surface area (Å²) in [5, 5.41) is 0. The van der Waals surface area contributed by atoms with Gasteiger partial charge in [-0.1, -0.05) is 32.0 Å². The van der Waals surface area contributed by atoms with Gasteiger partial charge in [0, 0.05) is 6.54 Å². The molecule has 1 rings (SSSR count). The third-order valence-corrected chi connectivity index (χ3v) is 2.72. The number of nitrogens with two attached hydrogens (primary N) is 1. The van der Waals surface area contributed by atoms with E-state index in [1.807, 2.05) is 19.1 Å². The molecule has 0 aliphatic rings. The standard InChI is InChI=1S/C13H21NO/c1-4-10(2)12-7-5-6-8-13(12)15-11(3)9-14/h5-8,10-11H,4,9,14H2,1-3H3. The fourth-order valence-electron chi connectivity index (χ4n) is 1.48. The van der Waals surface area contributed by atoms with Crippen LogP contribution in [0.2, 0.25) is 0 Å². The molecule has 1 aromatic carbocycles. The number of hydrogen-bond acceptors (Lipinski definition) is 2. The SMILES string of the molecule is CCC(C)c1ccccc1OC(C)CN. The first-order chi connectivity index (χ1) is 7.19. The van der Waals surface area contributed by atoms with Crippen LogP contribution < -0.4 is 10.5 Å². The van der Waals surface area contributed by atoms with E-state index in [4.69, 9.17) is 10.5 Å². The zero-order valence-electron chi connectivity index (χ0n) is 9.86. The number of para-hydroxylation sites is 1. The summed E-state index contributed by atoms with van der Waals surface area (Å²) in [4.78, 5) is 0. The average Bonchev–Trinajstić information content (AvgIpc) is 2.28. The van der Waals surface area contributed by atoms with Crippen LogP contribution in [0.3, 0.4) is 0 Å². The molecular weight excluding hydrogens is 186 g/mol. The molecule has 84 valence electrons. The molecule has 0 aromatic heterocycles. The normalized spacial score (nSPS) is 14.7. The van der Waals surface area contributed by atoms with Gasteiger partial charge in [-0.2, -0.15) is 0 Å². The lowest BCUT2D eigenvalue weighted by Gasteiger charge is -2.18. The summed E-state index contributed by atoms with van der Waals surface area (Å²) in [7, 11) is 0. The molecule has 15 heavy (non-hydrogen) atoms. The molecule has 0 amide bonds. The number of rotatable bonds is 5. The minimum Gasteiger partial charge on any atom is -0.489 e. The second kappa shape index (κ2) is 5.76. The van der Waals surface area contributed by atoms with E-state index in [-0.39, 0.29) is 6.10 Å². The smallest absolute Gasteiger partial charge is 0.123 e. The molecule has 0 saturated heterocycles. The van der Waals surface area contributed by atoms with E-state index in [1.165, 1.54) is 5.56 Å². The number of hydrogen-bond donors (Lipinski definition) is 1. The molecule has 0 aliphatic carbocycles. The Labute approximate surface area is 92.4 Å². The van der Waals surface area contributed by atoms with Gasteiger partial charge in [0.05, 0.1) is 0 Å². The lowest BCUT2D eigenvalue weighted by Crippen LogP contribution is -2.23. The summed E-state index contributed by atoms with van der Waals surface area (Å²) >= 11 is 0. The van der Waals surface area contributed by atoms with Gasteiger partial charge in [-0.3, -0.25) is 0 Å². The molecule has 2 nitrogen and oxygen atoms in total. The second-order valence-electron chi connectivity index (χ2n) is 4.01. The van der Waals surface area contributed by atoms with Crippen LogP contribution in [0.4, 0.5) is 0 Å². The molecule has 0 bridgehead atoms. The van der Waals surface area contributed by atoms with E-state index in [2.05, 4.69) is 26.0 Å². The first kappa shape index (κ1) is 12.1. The zero-order chi connectivity index (χ0) is 11.3. The van der Waals surface area contributed by atoms with E-state index >= 15 is 0 Å².